The van der Waals surface area contributed by atoms with E-state index < -0.39 is 11.9 Å². The summed E-state index contributed by atoms with van der Waals surface area (Å²) in [7, 11) is 0. The second-order valence-electron chi connectivity index (χ2n) is 9.71. The number of anilines is 1. The van der Waals surface area contributed by atoms with Crippen LogP contribution in [-0.2, 0) is 13.0 Å². The molecular weight excluding hydrogens is 528 g/mol. The molecule has 0 aliphatic carbocycles. The number of nitrogens with one attached hydrogen (secondary N) is 1. The molecule has 12 heteroatoms. The Balaban J connectivity index is 1.48. The number of aryl methyl sites for hydroxylation is 1. The number of rotatable bonds is 9. The van der Waals surface area contributed by atoms with Crippen LogP contribution in [0.5, 0.6) is 0 Å². The Morgan fingerprint density at radius 1 is 1.18 bits per heavy atom. The van der Waals surface area contributed by atoms with Crippen molar-refractivity contribution in [3.05, 3.63) is 64.7 Å². The van der Waals surface area contributed by atoms with Crippen LogP contribution in [-0.4, -0.2) is 60.3 Å². The fraction of sp³-hybridized carbons (Fsp3) is 0.370. The Hall–Kier alpha value is -3.86. The van der Waals surface area contributed by atoms with Gasteiger partial charge in [-0.25, -0.2) is 18.6 Å². The molecule has 204 valence electrons. The Morgan fingerprint density at radius 3 is 2.64 bits per heavy atom. The quantitative estimate of drug-likeness (QED) is 0.272. The van der Waals surface area contributed by atoms with Crippen molar-refractivity contribution in [1.82, 2.24) is 30.2 Å². The first-order valence-corrected chi connectivity index (χ1v) is 13.2. The Morgan fingerprint density at radius 2 is 1.97 bits per heavy atom. The van der Waals surface area contributed by atoms with Gasteiger partial charge < -0.3 is 14.6 Å². The number of H-pyrrole nitrogens is 1. The number of halogens is 3. The molecule has 0 saturated carbocycles. The van der Waals surface area contributed by atoms with Crippen LogP contribution in [0.3, 0.4) is 0 Å². The lowest BCUT2D eigenvalue weighted by molar-refractivity contribution is -0.0116. The first-order valence-electron chi connectivity index (χ1n) is 12.8. The van der Waals surface area contributed by atoms with Crippen molar-refractivity contribution < 1.29 is 18.7 Å². The number of nitrogens with zero attached hydrogens (tertiary/aromatic N) is 6. The van der Waals surface area contributed by atoms with E-state index in [2.05, 4.69) is 32.5 Å². The van der Waals surface area contributed by atoms with Gasteiger partial charge in [0.1, 0.15) is 5.82 Å². The van der Waals surface area contributed by atoms with Gasteiger partial charge in [-0.2, -0.15) is 5.21 Å². The van der Waals surface area contributed by atoms with Gasteiger partial charge in [0.2, 0.25) is 5.82 Å². The summed E-state index contributed by atoms with van der Waals surface area (Å²) in [5.41, 5.74) is 3.84. The zero-order valence-corrected chi connectivity index (χ0v) is 22.1. The van der Waals surface area contributed by atoms with Crippen LogP contribution in [0.1, 0.15) is 54.5 Å². The van der Waals surface area contributed by atoms with Gasteiger partial charge in [0, 0.05) is 37.2 Å². The Bertz CT molecular complexity index is 1460. The second kappa shape index (κ2) is 11.1. The summed E-state index contributed by atoms with van der Waals surface area (Å²) in [5.74, 6) is -2.83. The highest BCUT2D eigenvalue weighted by atomic mass is 35.5. The Labute approximate surface area is 228 Å². The molecule has 1 fully saturated rings. The predicted molar refractivity (Wildman–Crippen MR) is 143 cm³/mol. The number of hydrogen-bond donors (Lipinski definition) is 2. The van der Waals surface area contributed by atoms with Gasteiger partial charge in [-0.1, -0.05) is 49.2 Å². The van der Waals surface area contributed by atoms with E-state index in [9.17, 15) is 18.7 Å². The number of carboxylic acid groups (broad SMARTS) is 1. The summed E-state index contributed by atoms with van der Waals surface area (Å²) >= 11 is 6.18. The number of aromatic carboxylic acids is 1. The average molecular weight is 556 g/mol. The molecule has 0 radical (unpaired) electrons. The van der Waals surface area contributed by atoms with E-state index in [0.717, 1.165) is 29.5 Å². The molecule has 0 bridgehead atoms. The van der Waals surface area contributed by atoms with Crippen LogP contribution < -0.4 is 4.90 Å². The van der Waals surface area contributed by atoms with Crippen molar-refractivity contribution in [2.45, 2.75) is 51.5 Å². The number of benzene rings is 2. The molecule has 0 unspecified atom stereocenters. The number of hydrogen-bond acceptors (Lipinski definition) is 6. The summed E-state index contributed by atoms with van der Waals surface area (Å²) in [4.78, 5) is 17.9. The second-order valence-corrected chi connectivity index (χ2v) is 10.1. The number of aromatic amines is 1. The van der Waals surface area contributed by atoms with Gasteiger partial charge in [0.15, 0.2) is 10.8 Å². The van der Waals surface area contributed by atoms with Crippen LogP contribution in [0.2, 0.25) is 5.15 Å². The van der Waals surface area contributed by atoms with Crippen LogP contribution in [0.15, 0.2) is 42.5 Å². The minimum atomic E-state index is -2.73. The number of unbranched alkanes of at least 4 members (excludes halogenated alkanes) is 1. The van der Waals surface area contributed by atoms with Gasteiger partial charge in [0.05, 0.1) is 6.54 Å². The molecule has 1 saturated heterocycles. The topological polar surface area (TPSA) is 113 Å². The molecule has 1 aliphatic heterocycles. The predicted octanol–water partition coefficient (Wildman–Crippen LogP) is 5.71. The maximum Gasteiger partial charge on any atom is 0.355 e. The highest BCUT2D eigenvalue weighted by molar-refractivity contribution is 6.32. The molecule has 4 aromatic rings. The van der Waals surface area contributed by atoms with Crippen molar-refractivity contribution in [1.29, 1.82) is 0 Å². The zero-order valence-electron chi connectivity index (χ0n) is 21.4. The Kier molecular flexibility index (Phi) is 7.60. The van der Waals surface area contributed by atoms with E-state index in [1.165, 1.54) is 0 Å². The lowest BCUT2D eigenvalue weighted by atomic mass is 9.96. The summed E-state index contributed by atoms with van der Waals surface area (Å²) in [6.07, 6.45) is 2.74. The summed E-state index contributed by atoms with van der Waals surface area (Å²) in [6, 6.07) is 13.1. The molecule has 3 heterocycles. The maximum atomic E-state index is 14.1. The molecule has 2 N–H and O–H groups in total. The first-order chi connectivity index (χ1) is 18.8. The first kappa shape index (κ1) is 26.7. The van der Waals surface area contributed by atoms with E-state index in [0.29, 0.717) is 48.8 Å². The standard InChI is InChI=1S/C27H28ClF2N7O2/c1-2-3-5-22-31-24(28)23(26(38)39)37(22)15-17-6-8-18(9-7-17)21-14-19(36-13-4-12-27(29,30)16-36)10-11-20(21)25-32-34-35-33-25/h6-11,14H,2-5,12-13,15-16H2,1H3,(H,38,39)(H,32,33,34,35). The van der Waals surface area contributed by atoms with Gasteiger partial charge in [-0.15, -0.1) is 10.2 Å². The van der Waals surface area contributed by atoms with Crippen LogP contribution in [0.25, 0.3) is 22.5 Å². The van der Waals surface area contributed by atoms with Gasteiger partial charge >= 0.3 is 5.97 Å². The van der Waals surface area contributed by atoms with Crippen molar-refractivity contribution in [3.8, 4) is 22.5 Å². The third-order valence-electron chi connectivity index (χ3n) is 6.91. The van der Waals surface area contributed by atoms with Crippen molar-refractivity contribution in [2.75, 3.05) is 18.0 Å². The molecule has 5 rings (SSSR count). The zero-order chi connectivity index (χ0) is 27.6. The normalized spacial score (nSPS) is 15.0. The molecule has 0 atom stereocenters. The molecule has 2 aromatic heterocycles. The van der Waals surface area contributed by atoms with Gasteiger partial charge in [-0.05, 0) is 52.9 Å². The minimum absolute atomic E-state index is 0.0184. The van der Waals surface area contributed by atoms with E-state index in [1.807, 2.05) is 36.4 Å². The third-order valence-corrected chi connectivity index (χ3v) is 7.18. The minimum Gasteiger partial charge on any atom is -0.476 e. The summed E-state index contributed by atoms with van der Waals surface area (Å²) < 4.78 is 29.9. The molecular formula is C27H28ClF2N7O2. The molecule has 2 aromatic carbocycles. The van der Waals surface area contributed by atoms with E-state index in [-0.39, 0.29) is 23.8 Å². The van der Waals surface area contributed by atoms with Crippen LogP contribution in [0.4, 0.5) is 14.5 Å². The fourth-order valence-electron chi connectivity index (χ4n) is 4.96. The summed E-state index contributed by atoms with van der Waals surface area (Å²) in [5, 5.41) is 24.1. The number of tetrazole rings is 1. The molecule has 0 amide bonds. The monoisotopic (exact) mass is 555 g/mol. The smallest absolute Gasteiger partial charge is 0.355 e. The van der Waals surface area contributed by atoms with Crippen molar-refractivity contribution >= 4 is 23.3 Å². The number of carbonyl (C=O) groups is 1. The SMILES string of the molecule is CCCCc1nc(Cl)c(C(=O)O)n1Cc1ccc(-c2cc(N3CCCC(F)(F)C3)ccc2-c2nn[nH]n2)cc1. The van der Waals surface area contributed by atoms with E-state index in [4.69, 9.17) is 11.6 Å². The molecule has 9 nitrogen and oxygen atoms in total. The lowest BCUT2D eigenvalue weighted by Gasteiger charge is -2.34. The van der Waals surface area contributed by atoms with Gasteiger partial charge in [0.25, 0.3) is 5.92 Å². The number of alkyl halides is 2. The van der Waals surface area contributed by atoms with Crippen LogP contribution in [0, 0.1) is 0 Å². The molecule has 1 aliphatic rings. The summed E-state index contributed by atoms with van der Waals surface area (Å²) in [6.45, 7) is 2.57. The highest BCUT2D eigenvalue weighted by Crippen LogP contribution is 2.36. The molecule has 0 spiro atoms. The number of piperidine rings is 1. The lowest BCUT2D eigenvalue weighted by Crippen LogP contribution is -2.42. The highest BCUT2D eigenvalue weighted by Gasteiger charge is 2.35. The number of imidazole rings is 1. The maximum absolute atomic E-state index is 14.1. The van der Waals surface area contributed by atoms with E-state index >= 15 is 0 Å². The average Bonchev–Trinajstić information content (AvgIpc) is 3.55. The molecule has 39 heavy (non-hydrogen) atoms. The van der Waals surface area contributed by atoms with Crippen LogP contribution >= 0.6 is 11.6 Å². The van der Waals surface area contributed by atoms with Crippen molar-refractivity contribution in [2.24, 2.45) is 0 Å². The largest absolute Gasteiger partial charge is 0.476 e. The fourth-order valence-corrected chi connectivity index (χ4v) is 5.24. The number of aromatic nitrogens is 6. The van der Waals surface area contributed by atoms with E-state index in [1.54, 1.807) is 15.5 Å². The number of carboxylic acids is 1. The third kappa shape index (κ3) is 5.78. The van der Waals surface area contributed by atoms with Crippen molar-refractivity contribution in [3.63, 3.8) is 0 Å². The van der Waals surface area contributed by atoms with Gasteiger partial charge in [-0.3, -0.25) is 0 Å².